The van der Waals surface area contributed by atoms with Crippen molar-refractivity contribution >= 4 is 65.0 Å². The zero-order chi connectivity index (χ0) is 33.2. The first-order chi connectivity index (χ1) is 23.3. The third-order valence-corrected chi connectivity index (χ3v) is 10.6. The summed E-state index contributed by atoms with van der Waals surface area (Å²) in [6.45, 7) is 1.56. The fourth-order valence-corrected chi connectivity index (χ4v) is 7.85. The van der Waals surface area contributed by atoms with Crippen LogP contribution in [0.3, 0.4) is 0 Å². The monoisotopic (exact) mass is 768 g/mol. The predicted molar refractivity (Wildman–Crippen MR) is 201 cm³/mol. The molecule has 0 saturated heterocycles. The van der Waals surface area contributed by atoms with Gasteiger partial charge in [-0.1, -0.05) is 56.1 Å². The minimum atomic E-state index is -0.368. The Hall–Kier alpha value is -3.96. The molecule has 2 heterocycles. The van der Waals surface area contributed by atoms with E-state index in [1.54, 1.807) is 12.1 Å². The number of hydrogen-bond donors (Lipinski definition) is 5. The highest BCUT2D eigenvalue weighted by molar-refractivity contribution is 9.10. The Morgan fingerprint density at radius 2 is 1.17 bits per heavy atom. The molecule has 0 spiro atoms. The predicted octanol–water partition coefficient (Wildman–Crippen LogP) is 9.69. The lowest BCUT2D eigenvalue weighted by Crippen LogP contribution is -2.24. The number of aryl methyl sites for hydroxylation is 2. The van der Waals surface area contributed by atoms with Crippen LogP contribution in [0.1, 0.15) is 71.4 Å². The van der Waals surface area contributed by atoms with Gasteiger partial charge in [0, 0.05) is 85.1 Å². The summed E-state index contributed by atoms with van der Waals surface area (Å²) in [6.07, 6.45) is 6.91. The van der Waals surface area contributed by atoms with Gasteiger partial charge in [-0.05, 0) is 109 Å². The van der Waals surface area contributed by atoms with E-state index in [4.69, 9.17) is 5.73 Å². The summed E-state index contributed by atoms with van der Waals surface area (Å²) >= 11 is 7.15. The molecule has 4 aromatic carbocycles. The molecule has 0 unspecified atom stereocenters. The number of halogens is 2. The van der Waals surface area contributed by atoms with E-state index < -0.39 is 0 Å². The second kappa shape index (κ2) is 14.3. The molecule has 2 atom stereocenters. The lowest BCUT2D eigenvalue weighted by molar-refractivity contribution is -0.384. The Morgan fingerprint density at radius 3 is 1.62 bits per heavy atom. The van der Waals surface area contributed by atoms with Gasteiger partial charge in [0.05, 0.1) is 4.92 Å². The summed E-state index contributed by atoms with van der Waals surface area (Å²) < 4.78 is 2.24. The van der Waals surface area contributed by atoms with E-state index in [1.807, 2.05) is 24.3 Å². The van der Waals surface area contributed by atoms with Gasteiger partial charge in [-0.25, -0.2) is 0 Å². The molecule has 0 amide bonds. The van der Waals surface area contributed by atoms with Crippen LogP contribution in [-0.2, 0) is 25.9 Å². The second-order valence-electron chi connectivity index (χ2n) is 12.7. The number of anilines is 1. The molecule has 0 bridgehead atoms. The lowest BCUT2D eigenvalue weighted by Gasteiger charge is -2.24. The summed E-state index contributed by atoms with van der Waals surface area (Å²) in [5.74, 6) is 0. The van der Waals surface area contributed by atoms with Crippen molar-refractivity contribution in [3.63, 3.8) is 0 Å². The number of nitrogens with zero attached hydrogens (tertiary/aromatic N) is 1. The molecule has 0 aliphatic heterocycles. The van der Waals surface area contributed by atoms with Crippen LogP contribution in [0.4, 0.5) is 11.4 Å². The molecule has 6 N–H and O–H groups in total. The number of rotatable bonds is 7. The van der Waals surface area contributed by atoms with Gasteiger partial charge in [0.2, 0.25) is 0 Å². The molecular weight excluding hydrogens is 732 g/mol. The molecule has 0 radical (unpaired) electrons. The number of benzene rings is 4. The van der Waals surface area contributed by atoms with Crippen LogP contribution in [0.15, 0.2) is 93.9 Å². The van der Waals surface area contributed by atoms with Crippen LogP contribution in [0.2, 0.25) is 0 Å². The van der Waals surface area contributed by atoms with E-state index >= 15 is 0 Å². The van der Waals surface area contributed by atoms with Crippen molar-refractivity contribution in [3.05, 3.63) is 138 Å². The number of aromatic nitrogens is 2. The number of aromatic amines is 2. The van der Waals surface area contributed by atoms with Crippen LogP contribution >= 0.6 is 31.9 Å². The lowest BCUT2D eigenvalue weighted by atomic mass is 9.91. The van der Waals surface area contributed by atoms with Crippen LogP contribution in [0, 0.1) is 10.1 Å². The first kappa shape index (κ1) is 32.6. The van der Waals surface area contributed by atoms with E-state index in [1.165, 1.54) is 62.7 Å². The van der Waals surface area contributed by atoms with Gasteiger partial charge in [0.15, 0.2) is 0 Å². The van der Waals surface area contributed by atoms with E-state index in [2.05, 4.69) is 101 Å². The second-order valence-corrected chi connectivity index (χ2v) is 14.6. The Morgan fingerprint density at radius 1 is 0.708 bits per heavy atom. The minimum Gasteiger partial charge on any atom is -0.399 e. The number of hydrogen-bond acceptors (Lipinski definition) is 5. The Labute approximate surface area is 296 Å². The normalized spacial score (nSPS) is 17.0. The molecule has 48 heavy (non-hydrogen) atoms. The number of non-ortho nitro benzene ring substituents is 1. The van der Waals surface area contributed by atoms with Crippen molar-refractivity contribution in [2.45, 2.75) is 63.7 Å². The Bertz CT molecular complexity index is 2070. The number of nitro benzene ring substituents is 1. The molecule has 6 aromatic rings. The Kier molecular flexibility index (Phi) is 9.68. The van der Waals surface area contributed by atoms with Gasteiger partial charge < -0.3 is 26.3 Å². The van der Waals surface area contributed by atoms with Gasteiger partial charge in [0.1, 0.15) is 0 Å². The third kappa shape index (κ3) is 7.08. The molecule has 2 aromatic heterocycles. The summed E-state index contributed by atoms with van der Waals surface area (Å²) in [7, 11) is 0. The zero-order valence-corrected chi connectivity index (χ0v) is 29.7. The molecule has 2 aliphatic rings. The average Bonchev–Trinajstić information content (AvgIpc) is 3.66. The van der Waals surface area contributed by atoms with Crippen LogP contribution < -0.4 is 16.4 Å². The molecule has 10 heteroatoms. The summed E-state index contributed by atoms with van der Waals surface area (Å²) in [6, 6.07) is 28.4. The minimum absolute atomic E-state index is 0.130. The number of nitro groups is 1. The van der Waals surface area contributed by atoms with E-state index in [9.17, 15) is 10.1 Å². The fourth-order valence-electron chi connectivity index (χ4n) is 7.13. The maximum atomic E-state index is 10.7. The van der Waals surface area contributed by atoms with Crippen LogP contribution in [0.25, 0.3) is 21.8 Å². The van der Waals surface area contributed by atoms with Crippen molar-refractivity contribution in [2.24, 2.45) is 0 Å². The topological polar surface area (TPSA) is 125 Å². The number of nitrogens with two attached hydrogens (primary N) is 1. The molecule has 8 nitrogen and oxygen atoms in total. The van der Waals surface area contributed by atoms with Gasteiger partial charge in [-0.2, -0.15) is 0 Å². The van der Waals surface area contributed by atoms with Crippen LogP contribution in [-0.4, -0.2) is 14.9 Å². The largest absolute Gasteiger partial charge is 0.399 e. The third-order valence-electron chi connectivity index (χ3n) is 9.57. The number of H-pyrrole nitrogens is 2. The molecular formula is C38H38Br2N6O2. The standard InChI is InChI=1S/C19H18BrN3O2.C19H20BrN3/c20-13-6-9-17-16(10-13)15-2-1-3-18(19(15)22-17)21-11-12-4-7-14(8-5-12)23(24)25;20-13-6-9-17-16(10-13)15-2-1-3-18(19(15)23-17)22-11-12-4-7-14(21)8-5-12/h4-10,18,21-22H,1-3,11H2;4-10,18,22-23H,1-3,11,21H2/t2*18-/m11/s1. The molecule has 8 rings (SSSR count). The number of nitrogen functional groups attached to an aromatic ring is 1. The number of fused-ring (bicyclic) bond motifs is 6. The quantitative estimate of drug-likeness (QED) is 0.0629. The number of nitrogens with one attached hydrogen (secondary N) is 4. The van der Waals surface area contributed by atoms with Crippen molar-refractivity contribution in [1.82, 2.24) is 20.6 Å². The van der Waals surface area contributed by atoms with Crippen molar-refractivity contribution < 1.29 is 4.92 Å². The average molecular weight is 771 g/mol. The molecule has 0 fully saturated rings. The van der Waals surface area contributed by atoms with Gasteiger partial charge in [-0.15, -0.1) is 0 Å². The highest BCUT2D eigenvalue weighted by atomic mass is 79.9. The van der Waals surface area contributed by atoms with Gasteiger partial charge >= 0.3 is 0 Å². The first-order valence-corrected chi connectivity index (χ1v) is 18.1. The first-order valence-electron chi connectivity index (χ1n) is 16.5. The SMILES string of the molecule is Nc1ccc(CN[C@@H]2CCCc3c2[nH]c2ccc(Br)cc32)cc1.O=[N+]([O-])c1ccc(CN[C@@H]2CCCc3c2[nH]c2ccc(Br)cc32)cc1. The molecule has 2 aliphatic carbocycles. The summed E-state index contributed by atoms with van der Waals surface area (Å²) in [5, 5.41) is 20.7. The summed E-state index contributed by atoms with van der Waals surface area (Å²) in [5.41, 5.74) is 17.0. The molecule has 246 valence electrons. The maximum absolute atomic E-state index is 10.7. The zero-order valence-electron chi connectivity index (χ0n) is 26.5. The summed E-state index contributed by atoms with van der Waals surface area (Å²) in [4.78, 5) is 17.6. The van der Waals surface area contributed by atoms with Crippen molar-refractivity contribution in [1.29, 1.82) is 0 Å². The van der Waals surface area contributed by atoms with Gasteiger partial charge in [0.25, 0.3) is 5.69 Å². The molecule has 0 saturated carbocycles. The maximum Gasteiger partial charge on any atom is 0.269 e. The van der Waals surface area contributed by atoms with Crippen LogP contribution in [0.5, 0.6) is 0 Å². The van der Waals surface area contributed by atoms with Crippen molar-refractivity contribution in [3.8, 4) is 0 Å². The van der Waals surface area contributed by atoms with Crippen molar-refractivity contribution in [2.75, 3.05) is 5.73 Å². The highest BCUT2D eigenvalue weighted by Crippen LogP contribution is 2.37. The fraction of sp³-hybridized carbons (Fsp3) is 0.263. The smallest absolute Gasteiger partial charge is 0.269 e. The van der Waals surface area contributed by atoms with E-state index in [0.717, 1.165) is 52.4 Å². The van der Waals surface area contributed by atoms with E-state index in [0.29, 0.717) is 12.6 Å². The highest BCUT2D eigenvalue weighted by Gasteiger charge is 2.25. The Balaban J connectivity index is 0.000000152. The van der Waals surface area contributed by atoms with E-state index in [-0.39, 0.29) is 16.7 Å². The van der Waals surface area contributed by atoms with Gasteiger partial charge in [-0.3, -0.25) is 10.1 Å².